The van der Waals surface area contributed by atoms with E-state index in [-0.39, 0.29) is 16.6 Å². The van der Waals surface area contributed by atoms with Crippen molar-refractivity contribution in [3.8, 4) is 6.07 Å². The van der Waals surface area contributed by atoms with Crippen molar-refractivity contribution < 1.29 is 9.90 Å². The lowest BCUT2D eigenvalue weighted by molar-refractivity contribution is -0.111. The molecule has 1 N–H and O–H groups in total. The molecule has 0 aromatic rings. The third-order valence-electron chi connectivity index (χ3n) is 7.89. The fourth-order valence-electron chi connectivity index (χ4n) is 6.40. The molecule has 0 spiro atoms. The summed E-state index contributed by atoms with van der Waals surface area (Å²) in [4.78, 5) is 11.7. The van der Waals surface area contributed by atoms with E-state index in [9.17, 15) is 15.2 Å². The Kier molecular flexibility index (Phi) is 3.01. The first kappa shape index (κ1) is 15.1. The molecule has 4 rings (SSSR count). The van der Waals surface area contributed by atoms with Gasteiger partial charge in [-0.05, 0) is 68.4 Å². The molecule has 0 heterocycles. The molecule has 0 bridgehead atoms. The van der Waals surface area contributed by atoms with Gasteiger partial charge in [0.25, 0.3) is 0 Å². The van der Waals surface area contributed by atoms with Gasteiger partial charge in [0.2, 0.25) is 0 Å². The van der Waals surface area contributed by atoms with Gasteiger partial charge in [-0.2, -0.15) is 5.26 Å². The molecule has 3 fully saturated rings. The zero-order valence-electron chi connectivity index (χ0n) is 14.0. The van der Waals surface area contributed by atoms with E-state index in [1.807, 2.05) is 6.08 Å². The van der Waals surface area contributed by atoms with Crippen molar-refractivity contribution in [2.45, 2.75) is 58.0 Å². The number of carbonyl (C=O) groups is 1. The fraction of sp³-hybridized carbons (Fsp3) is 0.700. The van der Waals surface area contributed by atoms with Crippen LogP contribution in [0.25, 0.3) is 0 Å². The molecular weight excluding hydrogens is 286 g/mol. The van der Waals surface area contributed by atoms with Gasteiger partial charge in [0.15, 0.2) is 11.4 Å². The number of rotatable bonds is 0. The standard InChI is InChI=1S/C20H25NO2/c1-18-8-5-14(22)11-13(18)3-4-15-16(18)6-9-19(2)17(15)7-10-20(19,23)12-21/h5,8,11,15-17,23H,3-4,6-7,9-10H2,1-2H3/t15-,16+,17+,18+,19+,20-/m1/s1. The summed E-state index contributed by atoms with van der Waals surface area (Å²) in [6, 6.07) is 2.23. The van der Waals surface area contributed by atoms with Crippen molar-refractivity contribution in [2.24, 2.45) is 28.6 Å². The molecule has 4 aliphatic carbocycles. The van der Waals surface area contributed by atoms with Gasteiger partial charge in [0.05, 0.1) is 6.07 Å². The Hall–Kier alpha value is -1.40. The molecule has 3 nitrogen and oxygen atoms in total. The van der Waals surface area contributed by atoms with Crippen LogP contribution in [-0.4, -0.2) is 16.5 Å². The third kappa shape index (κ3) is 1.76. The number of hydrogen-bond acceptors (Lipinski definition) is 3. The summed E-state index contributed by atoms with van der Waals surface area (Å²) in [7, 11) is 0. The predicted molar refractivity (Wildman–Crippen MR) is 87.2 cm³/mol. The van der Waals surface area contributed by atoms with Crippen molar-refractivity contribution in [3.05, 3.63) is 23.8 Å². The molecule has 0 saturated heterocycles. The van der Waals surface area contributed by atoms with Gasteiger partial charge in [0, 0.05) is 10.8 Å². The molecule has 0 radical (unpaired) electrons. The van der Waals surface area contributed by atoms with Gasteiger partial charge in [0.1, 0.15) is 0 Å². The first-order valence-corrected chi connectivity index (χ1v) is 8.92. The van der Waals surface area contributed by atoms with Crippen LogP contribution in [0.1, 0.15) is 52.4 Å². The quantitative estimate of drug-likeness (QED) is 0.696. The smallest absolute Gasteiger partial charge is 0.178 e. The van der Waals surface area contributed by atoms with Crippen LogP contribution in [0.2, 0.25) is 0 Å². The fourth-order valence-corrected chi connectivity index (χ4v) is 6.40. The van der Waals surface area contributed by atoms with Crippen LogP contribution in [0.4, 0.5) is 0 Å². The van der Waals surface area contributed by atoms with Gasteiger partial charge in [-0.3, -0.25) is 4.79 Å². The average Bonchev–Trinajstić information content (AvgIpc) is 2.80. The van der Waals surface area contributed by atoms with E-state index < -0.39 is 5.60 Å². The second-order valence-electron chi connectivity index (χ2n) is 8.57. The van der Waals surface area contributed by atoms with E-state index in [4.69, 9.17) is 0 Å². The summed E-state index contributed by atoms with van der Waals surface area (Å²) in [5, 5.41) is 20.4. The molecule has 122 valence electrons. The van der Waals surface area contributed by atoms with Crippen LogP contribution in [0.15, 0.2) is 23.8 Å². The molecule has 0 aromatic carbocycles. The first-order chi connectivity index (χ1) is 10.8. The maximum absolute atomic E-state index is 11.7. The van der Waals surface area contributed by atoms with Crippen LogP contribution in [0, 0.1) is 39.9 Å². The van der Waals surface area contributed by atoms with Crippen molar-refractivity contribution >= 4 is 5.78 Å². The number of nitriles is 1. The Labute approximate surface area is 138 Å². The predicted octanol–water partition coefficient (Wildman–Crippen LogP) is 3.55. The lowest BCUT2D eigenvalue weighted by Gasteiger charge is -2.57. The van der Waals surface area contributed by atoms with Crippen LogP contribution in [-0.2, 0) is 4.79 Å². The number of hydrogen-bond donors (Lipinski definition) is 1. The molecule has 3 heteroatoms. The largest absolute Gasteiger partial charge is 0.375 e. The average molecular weight is 311 g/mol. The summed E-state index contributed by atoms with van der Waals surface area (Å²) in [5.74, 6) is 1.63. The number of aliphatic hydroxyl groups is 1. The van der Waals surface area contributed by atoms with Gasteiger partial charge in [-0.15, -0.1) is 0 Å². The Morgan fingerprint density at radius 2 is 1.96 bits per heavy atom. The lowest BCUT2D eigenvalue weighted by atomic mass is 9.47. The van der Waals surface area contributed by atoms with E-state index in [0.717, 1.165) is 32.1 Å². The van der Waals surface area contributed by atoms with Gasteiger partial charge >= 0.3 is 0 Å². The minimum atomic E-state index is -1.15. The van der Waals surface area contributed by atoms with Crippen molar-refractivity contribution in [1.29, 1.82) is 5.26 Å². The minimum absolute atomic E-state index is 0.00843. The number of fused-ring (bicyclic) bond motifs is 5. The lowest BCUT2D eigenvalue weighted by Crippen LogP contribution is -2.53. The van der Waals surface area contributed by atoms with Gasteiger partial charge in [-0.25, -0.2) is 0 Å². The first-order valence-electron chi connectivity index (χ1n) is 8.92. The number of allylic oxidation sites excluding steroid dienone is 4. The molecule has 0 unspecified atom stereocenters. The summed E-state index contributed by atoms with van der Waals surface area (Å²) in [5.41, 5.74) is -0.138. The van der Waals surface area contributed by atoms with E-state index in [2.05, 4.69) is 26.0 Å². The van der Waals surface area contributed by atoms with Crippen LogP contribution in [0.3, 0.4) is 0 Å². The third-order valence-corrected chi connectivity index (χ3v) is 7.89. The highest BCUT2D eigenvalue weighted by atomic mass is 16.3. The number of ketones is 1. The summed E-state index contributed by atoms with van der Waals surface area (Å²) < 4.78 is 0. The van der Waals surface area contributed by atoms with Gasteiger partial charge in [-0.1, -0.05) is 25.5 Å². The Morgan fingerprint density at radius 1 is 1.22 bits per heavy atom. The van der Waals surface area contributed by atoms with E-state index >= 15 is 0 Å². The van der Waals surface area contributed by atoms with E-state index in [1.165, 1.54) is 5.57 Å². The van der Waals surface area contributed by atoms with Crippen LogP contribution < -0.4 is 0 Å². The summed E-state index contributed by atoms with van der Waals surface area (Å²) in [6.07, 6.45) is 11.3. The molecule has 0 amide bonds. The second-order valence-corrected chi connectivity index (χ2v) is 8.57. The monoisotopic (exact) mass is 311 g/mol. The zero-order chi connectivity index (χ0) is 16.5. The normalized spacial score (nSPS) is 51.3. The highest BCUT2D eigenvalue weighted by molar-refractivity contribution is 6.01. The molecule has 0 aliphatic heterocycles. The Bertz CT molecular complexity index is 672. The highest BCUT2D eigenvalue weighted by Crippen LogP contribution is 2.66. The second kappa shape index (κ2) is 4.57. The molecule has 0 aromatic heterocycles. The van der Waals surface area contributed by atoms with Crippen LogP contribution >= 0.6 is 0 Å². The van der Waals surface area contributed by atoms with Crippen molar-refractivity contribution in [1.82, 2.24) is 0 Å². The minimum Gasteiger partial charge on any atom is -0.375 e. The zero-order valence-corrected chi connectivity index (χ0v) is 14.0. The van der Waals surface area contributed by atoms with Gasteiger partial charge < -0.3 is 5.11 Å². The Morgan fingerprint density at radius 3 is 2.70 bits per heavy atom. The van der Waals surface area contributed by atoms with Crippen molar-refractivity contribution in [3.63, 3.8) is 0 Å². The maximum atomic E-state index is 11.7. The Balaban J connectivity index is 1.72. The number of carbonyl (C=O) groups excluding carboxylic acids is 1. The molecule has 4 aliphatic rings. The summed E-state index contributed by atoms with van der Waals surface area (Å²) in [6.45, 7) is 4.42. The highest BCUT2D eigenvalue weighted by Gasteiger charge is 2.64. The van der Waals surface area contributed by atoms with E-state index in [1.54, 1.807) is 6.08 Å². The molecular formula is C20H25NO2. The number of nitrogens with zero attached hydrogens (tertiary/aromatic N) is 1. The summed E-state index contributed by atoms with van der Waals surface area (Å²) >= 11 is 0. The topological polar surface area (TPSA) is 61.1 Å². The van der Waals surface area contributed by atoms with Crippen molar-refractivity contribution in [2.75, 3.05) is 0 Å². The molecule has 3 saturated carbocycles. The molecule has 6 atom stereocenters. The van der Waals surface area contributed by atoms with Crippen LogP contribution in [0.5, 0.6) is 0 Å². The van der Waals surface area contributed by atoms with E-state index in [0.29, 0.717) is 24.2 Å². The molecule has 23 heavy (non-hydrogen) atoms. The maximum Gasteiger partial charge on any atom is 0.178 e. The SMILES string of the molecule is C[C@]12C=CC(=O)C=C1CC[C@@H]1[C@@H]2CC[C@@]2(C)[C@H]1CC[C@@]2(O)C#N.